The van der Waals surface area contributed by atoms with Crippen molar-refractivity contribution in [2.75, 3.05) is 0 Å². The van der Waals surface area contributed by atoms with Gasteiger partial charge < -0.3 is 0 Å². The summed E-state index contributed by atoms with van der Waals surface area (Å²) < 4.78 is 109. The van der Waals surface area contributed by atoms with Crippen molar-refractivity contribution >= 4 is 26.2 Å². The Bertz CT molecular complexity index is 285. The van der Waals surface area contributed by atoms with E-state index in [1.807, 2.05) is 0 Å². The molecule has 0 aromatic rings. The second-order valence-corrected chi connectivity index (χ2v) is 21.8. The van der Waals surface area contributed by atoms with Crippen LogP contribution >= 0.6 is 8.92 Å². The first-order valence-electron chi connectivity index (χ1n) is 7.01. The Labute approximate surface area is 136 Å². The van der Waals surface area contributed by atoms with E-state index in [0.717, 1.165) is 0 Å². The standard InChI is InChI=1S/3C4H6F3.ClH.Sn/c3*1-2-3-4(5,6)7;;/h3*1-3H2;1H;/q;;;;+1/p-1. The van der Waals surface area contributed by atoms with E-state index in [1.54, 1.807) is 0 Å². The van der Waals surface area contributed by atoms with Gasteiger partial charge >= 0.3 is 136 Å². The van der Waals surface area contributed by atoms with Crippen LogP contribution in [0.25, 0.3) is 0 Å². The van der Waals surface area contributed by atoms with Gasteiger partial charge in [0.1, 0.15) is 0 Å². The minimum absolute atomic E-state index is 0.0640. The van der Waals surface area contributed by atoms with E-state index in [4.69, 9.17) is 8.92 Å². The second-order valence-electron chi connectivity index (χ2n) is 5.56. The Balaban J connectivity index is 4.50. The summed E-state index contributed by atoms with van der Waals surface area (Å²) in [7, 11) is 6.23. The van der Waals surface area contributed by atoms with Gasteiger partial charge in [0.25, 0.3) is 0 Å². The third-order valence-corrected chi connectivity index (χ3v) is 17.8. The molecule has 0 amide bonds. The first kappa shape index (κ1) is 23.5. The zero-order valence-corrected chi connectivity index (χ0v) is 15.8. The maximum absolute atomic E-state index is 12.1. The van der Waals surface area contributed by atoms with Gasteiger partial charge in [-0.05, 0) is 0 Å². The molecular formula is C12H18ClF9Sn. The van der Waals surface area contributed by atoms with Gasteiger partial charge in [0.15, 0.2) is 0 Å². The van der Waals surface area contributed by atoms with Crippen molar-refractivity contribution in [2.45, 2.75) is 70.4 Å². The Morgan fingerprint density at radius 2 is 0.739 bits per heavy atom. The Hall–Kier alpha value is 0.459. The fourth-order valence-electron chi connectivity index (χ4n) is 2.19. The van der Waals surface area contributed by atoms with Gasteiger partial charge in [0.05, 0.1) is 0 Å². The maximum atomic E-state index is 12.1. The average Bonchev–Trinajstić information content (AvgIpc) is 2.22. The number of rotatable bonds is 9. The number of hydrogen-bond donors (Lipinski definition) is 0. The van der Waals surface area contributed by atoms with Crippen LogP contribution in [0.2, 0.25) is 13.3 Å². The van der Waals surface area contributed by atoms with Crippen LogP contribution in [0.1, 0.15) is 38.5 Å². The van der Waals surface area contributed by atoms with E-state index in [1.165, 1.54) is 0 Å². The van der Waals surface area contributed by atoms with Gasteiger partial charge in [-0.1, -0.05) is 0 Å². The predicted octanol–water partition coefficient (Wildman–Crippen LogP) is 7.20. The second kappa shape index (κ2) is 9.24. The molecule has 0 fully saturated rings. The van der Waals surface area contributed by atoms with Gasteiger partial charge in [-0.3, -0.25) is 0 Å². The van der Waals surface area contributed by atoms with Crippen molar-refractivity contribution in [3.05, 3.63) is 0 Å². The normalized spacial score (nSPS) is 14.3. The molecular weight excluding hydrogens is 469 g/mol. The molecule has 0 rings (SSSR count). The van der Waals surface area contributed by atoms with Crippen molar-refractivity contribution < 1.29 is 39.5 Å². The summed E-state index contributed by atoms with van der Waals surface area (Å²) in [6.45, 7) is 0. The van der Waals surface area contributed by atoms with Crippen LogP contribution in [0.5, 0.6) is 0 Å². The quantitative estimate of drug-likeness (QED) is 0.238. The molecule has 0 atom stereocenters. The summed E-state index contributed by atoms with van der Waals surface area (Å²) >= 11 is -3.90. The fourth-order valence-corrected chi connectivity index (χ4v) is 14.0. The van der Waals surface area contributed by atoms with E-state index in [0.29, 0.717) is 0 Å². The van der Waals surface area contributed by atoms with Crippen molar-refractivity contribution in [2.24, 2.45) is 0 Å². The summed E-state index contributed by atoms with van der Waals surface area (Å²) in [5.41, 5.74) is 0. The van der Waals surface area contributed by atoms with Crippen LogP contribution in [-0.4, -0.2) is 35.8 Å². The zero-order chi connectivity index (χ0) is 18.4. The number of halogens is 10. The van der Waals surface area contributed by atoms with Crippen LogP contribution in [0.3, 0.4) is 0 Å². The molecule has 0 N–H and O–H groups in total. The zero-order valence-electron chi connectivity index (χ0n) is 12.1. The summed E-state index contributed by atoms with van der Waals surface area (Å²) in [6.07, 6.45) is -17.5. The van der Waals surface area contributed by atoms with Crippen molar-refractivity contribution in [3.63, 3.8) is 0 Å². The van der Waals surface area contributed by atoms with Gasteiger partial charge in [0, 0.05) is 0 Å². The molecule has 0 bridgehead atoms. The molecule has 0 saturated heterocycles. The Morgan fingerprint density at radius 3 is 0.913 bits per heavy atom. The molecule has 0 aliphatic heterocycles. The monoisotopic (exact) mass is 488 g/mol. The van der Waals surface area contributed by atoms with E-state index < -0.39 is 55.0 Å². The summed E-state index contributed by atoms with van der Waals surface area (Å²) in [6, 6.07) is 0. The predicted molar refractivity (Wildman–Crippen MR) is 71.9 cm³/mol. The molecule has 23 heavy (non-hydrogen) atoms. The van der Waals surface area contributed by atoms with Crippen molar-refractivity contribution in [1.82, 2.24) is 0 Å². The SMILES string of the molecule is FC(F)(F)CC[CH2][Sn]([Cl])([CH2]CCC(F)(F)F)[CH2]CCC(F)(F)F. The minimum atomic E-state index is -4.40. The van der Waals surface area contributed by atoms with Gasteiger partial charge in [0.2, 0.25) is 0 Å². The Morgan fingerprint density at radius 1 is 0.522 bits per heavy atom. The van der Waals surface area contributed by atoms with E-state index >= 15 is 0 Å². The fraction of sp³-hybridized carbons (Fsp3) is 1.00. The van der Waals surface area contributed by atoms with Crippen LogP contribution in [0, 0.1) is 0 Å². The van der Waals surface area contributed by atoms with E-state index in [9.17, 15) is 39.5 Å². The van der Waals surface area contributed by atoms with E-state index in [2.05, 4.69) is 0 Å². The molecule has 11 heteroatoms. The van der Waals surface area contributed by atoms with E-state index in [-0.39, 0.29) is 32.6 Å². The summed E-state index contributed by atoms with van der Waals surface area (Å²) in [5, 5.41) is 0. The average molecular weight is 487 g/mol. The number of alkyl halides is 9. The molecule has 0 aromatic carbocycles. The molecule has 0 spiro atoms. The van der Waals surface area contributed by atoms with Crippen LogP contribution < -0.4 is 0 Å². The molecule has 0 aromatic heterocycles. The molecule has 0 aliphatic rings. The van der Waals surface area contributed by atoms with Crippen LogP contribution in [0.4, 0.5) is 39.5 Å². The van der Waals surface area contributed by atoms with Gasteiger partial charge in [-0.2, -0.15) is 0 Å². The van der Waals surface area contributed by atoms with Gasteiger partial charge in [-0.25, -0.2) is 0 Å². The molecule has 0 unspecified atom stereocenters. The summed E-state index contributed by atoms with van der Waals surface area (Å²) in [5.74, 6) is 0. The molecule has 0 aliphatic carbocycles. The molecule has 0 radical (unpaired) electrons. The van der Waals surface area contributed by atoms with Crippen molar-refractivity contribution in [3.8, 4) is 0 Å². The van der Waals surface area contributed by atoms with Crippen LogP contribution in [0.15, 0.2) is 0 Å². The first-order valence-corrected chi connectivity index (χ1v) is 16.7. The Kier molecular flexibility index (Phi) is 9.42. The number of hydrogen-bond acceptors (Lipinski definition) is 0. The molecule has 0 heterocycles. The third kappa shape index (κ3) is 15.7. The van der Waals surface area contributed by atoms with Crippen molar-refractivity contribution in [1.29, 1.82) is 0 Å². The van der Waals surface area contributed by atoms with Crippen LogP contribution in [-0.2, 0) is 0 Å². The molecule has 140 valence electrons. The molecule has 0 saturated carbocycles. The molecule has 0 nitrogen and oxygen atoms in total. The topological polar surface area (TPSA) is 0 Å². The first-order chi connectivity index (χ1) is 10.1. The summed E-state index contributed by atoms with van der Waals surface area (Å²) in [4.78, 5) is 0. The van der Waals surface area contributed by atoms with Gasteiger partial charge in [-0.15, -0.1) is 0 Å². The third-order valence-electron chi connectivity index (χ3n) is 3.26.